The Hall–Kier alpha value is -4.31. The highest BCUT2D eigenvalue weighted by molar-refractivity contribution is 5.79. The summed E-state index contributed by atoms with van der Waals surface area (Å²) in [6.45, 7) is 2.71. The number of hydrogen-bond acceptors (Lipinski definition) is 6. The van der Waals surface area contributed by atoms with Crippen LogP contribution in [0.3, 0.4) is 0 Å². The van der Waals surface area contributed by atoms with Crippen molar-refractivity contribution in [1.82, 2.24) is 15.0 Å². The Morgan fingerprint density at radius 1 is 1.03 bits per heavy atom. The second-order valence-corrected chi connectivity index (χ2v) is 7.21. The number of H-pyrrole nitrogens is 1. The fourth-order valence-corrected chi connectivity index (χ4v) is 3.51. The molecule has 0 fully saturated rings. The van der Waals surface area contributed by atoms with Gasteiger partial charge in [-0.1, -0.05) is 18.2 Å². The van der Waals surface area contributed by atoms with Crippen LogP contribution in [0.15, 0.2) is 60.7 Å². The molecule has 0 amide bonds. The molecule has 1 aliphatic rings. The van der Waals surface area contributed by atoms with Crippen LogP contribution < -0.4 is 14.8 Å². The van der Waals surface area contributed by atoms with Crippen LogP contribution in [0.1, 0.15) is 16.8 Å². The normalized spacial score (nSPS) is 11.9. The number of benzene rings is 2. The summed E-state index contributed by atoms with van der Waals surface area (Å²) in [5, 5.41) is 12.4. The summed E-state index contributed by atoms with van der Waals surface area (Å²) in [4.78, 5) is 12.8. The van der Waals surface area contributed by atoms with Crippen molar-refractivity contribution < 1.29 is 9.47 Å². The number of rotatable bonds is 5. The molecule has 1 aliphatic heterocycles. The molecule has 0 saturated carbocycles. The van der Waals surface area contributed by atoms with Crippen molar-refractivity contribution in [3.63, 3.8) is 0 Å². The molecule has 7 heteroatoms. The lowest BCUT2D eigenvalue weighted by atomic mass is 10.1. The number of nitrogens with one attached hydrogen (secondary N) is 2. The fourth-order valence-electron chi connectivity index (χ4n) is 3.51. The van der Waals surface area contributed by atoms with E-state index in [1.165, 1.54) is 0 Å². The van der Waals surface area contributed by atoms with Gasteiger partial charge in [-0.3, -0.25) is 4.98 Å². The van der Waals surface area contributed by atoms with Crippen LogP contribution in [0.4, 0.5) is 5.95 Å². The number of pyridine rings is 1. The van der Waals surface area contributed by atoms with E-state index in [-0.39, 0.29) is 6.79 Å². The number of aromatic amines is 1. The molecule has 2 aromatic carbocycles. The number of anilines is 1. The third-order valence-corrected chi connectivity index (χ3v) is 5.01. The summed E-state index contributed by atoms with van der Waals surface area (Å²) in [6.07, 6.45) is 0. The van der Waals surface area contributed by atoms with E-state index in [0.29, 0.717) is 23.8 Å². The Labute approximate surface area is 179 Å². The molecule has 2 N–H and O–H groups in total. The first-order chi connectivity index (χ1) is 15.2. The molecule has 152 valence electrons. The molecule has 31 heavy (non-hydrogen) atoms. The molecular formula is C24H19N5O2. The number of aryl methyl sites for hydroxylation is 1. The lowest BCUT2D eigenvalue weighted by molar-refractivity contribution is 0.174. The van der Waals surface area contributed by atoms with E-state index in [4.69, 9.17) is 19.7 Å². The van der Waals surface area contributed by atoms with Gasteiger partial charge in [0.2, 0.25) is 12.7 Å². The van der Waals surface area contributed by atoms with Gasteiger partial charge in [-0.15, -0.1) is 0 Å². The Bertz CT molecular complexity index is 1310. The zero-order valence-corrected chi connectivity index (χ0v) is 16.8. The van der Waals surface area contributed by atoms with Crippen LogP contribution in [-0.2, 0) is 6.54 Å². The quantitative estimate of drug-likeness (QED) is 0.498. The maximum Gasteiger partial charge on any atom is 0.231 e. The van der Waals surface area contributed by atoms with E-state index >= 15 is 0 Å². The van der Waals surface area contributed by atoms with Crippen molar-refractivity contribution >= 4 is 5.95 Å². The Balaban J connectivity index is 1.51. The minimum atomic E-state index is 0.222. The molecule has 0 bridgehead atoms. The molecular weight excluding hydrogens is 390 g/mol. The molecule has 0 spiro atoms. The van der Waals surface area contributed by atoms with Gasteiger partial charge < -0.3 is 19.8 Å². The maximum absolute atomic E-state index is 9.11. The first-order valence-corrected chi connectivity index (χ1v) is 9.86. The second kappa shape index (κ2) is 7.84. The molecule has 0 unspecified atom stereocenters. The predicted octanol–water partition coefficient (Wildman–Crippen LogP) is 4.66. The number of imidazole rings is 1. The summed E-state index contributed by atoms with van der Waals surface area (Å²) >= 11 is 0. The van der Waals surface area contributed by atoms with Gasteiger partial charge in [-0.2, -0.15) is 5.26 Å². The zero-order chi connectivity index (χ0) is 21.2. The van der Waals surface area contributed by atoms with Gasteiger partial charge in [0.05, 0.1) is 23.0 Å². The SMILES string of the molecule is Cc1cccc(-c2[nH]c(NCc3cccc(C#N)c3)nc2-c2ccc3c(c2)OCO3)n1. The molecule has 4 aromatic rings. The average Bonchev–Trinajstić information content (AvgIpc) is 3.44. The molecule has 0 aliphatic carbocycles. The Kier molecular flexibility index (Phi) is 4.73. The van der Waals surface area contributed by atoms with Gasteiger partial charge in [0, 0.05) is 17.8 Å². The molecule has 0 radical (unpaired) electrons. The van der Waals surface area contributed by atoms with Crippen LogP contribution >= 0.6 is 0 Å². The van der Waals surface area contributed by atoms with E-state index in [2.05, 4.69) is 21.4 Å². The first kappa shape index (κ1) is 18.7. The van der Waals surface area contributed by atoms with E-state index < -0.39 is 0 Å². The van der Waals surface area contributed by atoms with E-state index in [1.54, 1.807) is 6.07 Å². The smallest absolute Gasteiger partial charge is 0.231 e. The summed E-state index contributed by atoms with van der Waals surface area (Å²) < 4.78 is 11.0. The van der Waals surface area contributed by atoms with Crippen LogP contribution in [0.25, 0.3) is 22.6 Å². The number of hydrogen-bond donors (Lipinski definition) is 2. The summed E-state index contributed by atoms with van der Waals surface area (Å²) in [6, 6.07) is 21.3. The van der Waals surface area contributed by atoms with Crippen LogP contribution in [0, 0.1) is 18.3 Å². The van der Waals surface area contributed by atoms with E-state index in [9.17, 15) is 0 Å². The third-order valence-electron chi connectivity index (χ3n) is 5.01. The number of nitriles is 1. The van der Waals surface area contributed by atoms with Crippen molar-refractivity contribution in [2.45, 2.75) is 13.5 Å². The van der Waals surface area contributed by atoms with Crippen molar-refractivity contribution in [3.8, 4) is 40.2 Å². The molecule has 5 rings (SSSR count). The Morgan fingerprint density at radius 2 is 1.90 bits per heavy atom. The highest BCUT2D eigenvalue weighted by atomic mass is 16.7. The average molecular weight is 409 g/mol. The highest BCUT2D eigenvalue weighted by Gasteiger charge is 2.19. The van der Waals surface area contributed by atoms with Crippen LogP contribution in [0.5, 0.6) is 11.5 Å². The number of aromatic nitrogens is 3. The second-order valence-electron chi connectivity index (χ2n) is 7.21. The Morgan fingerprint density at radius 3 is 2.77 bits per heavy atom. The first-order valence-electron chi connectivity index (χ1n) is 9.86. The third kappa shape index (κ3) is 3.79. The van der Waals surface area contributed by atoms with Gasteiger partial charge in [0.15, 0.2) is 11.5 Å². The van der Waals surface area contributed by atoms with Gasteiger partial charge in [-0.25, -0.2) is 4.98 Å². The topological polar surface area (TPSA) is 95.9 Å². The van der Waals surface area contributed by atoms with Crippen molar-refractivity contribution in [3.05, 3.63) is 77.5 Å². The summed E-state index contributed by atoms with van der Waals surface area (Å²) in [5.74, 6) is 2.05. The van der Waals surface area contributed by atoms with Gasteiger partial charge in [0.1, 0.15) is 5.69 Å². The van der Waals surface area contributed by atoms with E-state index in [1.807, 2.05) is 61.5 Å². The number of nitrogens with zero attached hydrogens (tertiary/aromatic N) is 3. The van der Waals surface area contributed by atoms with Crippen molar-refractivity contribution in [1.29, 1.82) is 5.26 Å². The highest BCUT2D eigenvalue weighted by Crippen LogP contribution is 2.38. The van der Waals surface area contributed by atoms with Crippen LogP contribution in [-0.4, -0.2) is 21.7 Å². The minimum absolute atomic E-state index is 0.222. The van der Waals surface area contributed by atoms with E-state index in [0.717, 1.165) is 39.7 Å². The van der Waals surface area contributed by atoms with Crippen LogP contribution in [0.2, 0.25) is 0 Å². The predicted molar refractivity (Wildman–Crippen MR) is 117 cm³/mol. The standard InChI is InChI=1S/C24H19N5O2/c1-15-4-2-7-19(27-15)23-22(18-8-9-20-21(11-18)31-14-30-20)28-24(29-23)26-13-17-6-3-5-16(10-17)12-25/h2-11H,13-14H2,1H3,(H2,26,28,29). The lowest BCUT2D eigenvalue weighted by Crippen LogP contribution is -2.01. The summed E-state index contributed by atoms with van der Waals surface area (Å²) in [5.41, 5.74) is 5.84. The molecule has 0 saturated heterocycles. The largest absolute Gasteiger partial charge is 0.454 e. The molecule has 0 atom stereocenters. The molecule has 7 nitrogen and oxygen atoms in total. The van der Waals surface area contributed by atoms with Crippen molar-refractivity contribution in [2.24, 2.45) is 0 Å². The number of fused-ring (bicyclic) bond motifs is 1. The monoisotopic (exact) mass is 409 g/mol. The van der Waals surface area contributed by atoms with Gasteiger partial charge >= 0.3 is 0 Å². The van der Waals surface area contributed by atoms with Crippen molar-refractivity contribution in [2.75, 3.05) is 12.1 Å². The minimum Gasteiger partial charge on any atom is -0.454 e. The fraction of sp³-hybridized carbons (Fsp3) is 0.125. The van der Waals surface area contributed by atoms with Gasteiger partial charge in [0.25, 0.3) is 0 Å². The van der Waals surface area contributed by atoms with Gasteiger partial charge in [-0.05, 0) is 55.0 Å². The number of ether oxygens (including phenoxy) is 2. The molecule has 2 aromatic heterocycles. The summed E-state index contributed by atoms with van der Waals surface area (Å²) in [7, 11) is 0. The molecule has 3 heterocycles. The maximum atomic E-state index is 9.11. The lowest BCUT2D eigenvalue weighted by Gasteiger charge is -2.04. The zero-order valence-electron chi connectivity index (χ0n) is 16.8.